The van der Waals surface area contributed by atoms with E-state index >= 15 is 0 Å². The van der Waals surface area contributed by atoms with E-state index in [1.165, 1.54) is 0 Å². The molecule has 37 heavy (non-hydrogen) atoms. The molecule has 0 aliphatic heterocycles. The van der Waals surface area contributed by atoms with Gasteiger partial charge in [-0.15, -0.1) is 0 Å². The van der Waals surface area contributed by atoms with Gasteiger partial charge < -0.3 is 116 Å². The van der Waals surface area contributed by atoms with Crippen LogP contribution in [0.4, 0.5) is 0 Å². The van der Waals surface area contributed by atoms with Gasteiger partial charge in [0.15, 0.2) is 0 Å². The van der Waals surface area contributed by atoms with Crippen LogP contribution in [0.3, 0.4) is 0 Å². The van der Waals surface area contributed by atoms with Crippen LogP contribution < -0.4 is 283 Å². The molecule has 29 heteroatoms. The van der Waals surface area contributed by atoms with E-state index in [4.69, 9.17) is 73.9 Å². The number of carboxylic acid groups (broad SMARTS) is 2. The molecule has 4 unspecified atom stereocenters. The van der Waals surface area contributed by atoms with E-state index in [2.05, 4.69) is 0 Å². The zero-order valence-corrected chi connectivity index (χ0v) is 40.7. The molecule has 0 amide bonds. The minimum Gasteiger partial charge on any atom is -1.00 e. The van der Waals surface area contributed by atoms with Crippen LogP contribution in [0, 0.1) is 0 Å². The van der Waals surface area contributed by atoms with E-state index in [0.717, 1.165) is 6.92 Å². The molecule has 0 saturated carbocycles. The molecule has 17 nitrogen and oxygen atoms in total. The van der Waals surface area contributed by atoms with Gasteiger partial charge in [0.05, 0.1) is 12.6 Å². The summed E-state index contributed by atoms with van der Waals surface area (Å²) in [7, 11) is -10.0. The van der Waals surface area contributed by atoms with Crippen LogP contribution in [0.25, 0.3) is 0 Å². The number of carbonyl (C=O) groups excluding carboxylic acids is 2. The Morgan fingerprint density at radius 1 is 0.757 bits per heavy atom. The molecule has 0 spiro atoms. The Hall–Kier alpha value is 7.87. The van der Waals surface area contributed by atoms with Crippen molar-refractivity contribution in [3.63, 3.8) is 0 Å². The first-order chi connectivity index (χ1) is 11.6. The molecule has 190 valence electrons. The quantitative estimate of drug-likeness (QED) is 0.0956. The molecule has 0 aromatic carbocycles. The molecule has 0 aromatic rings. The smallest absolute Gasteiger partial charge is 1.00 e. The number of aliphatic hydroxyl groups is 5. The van der Waals surface area contributed by atoms with Crippen molar-refractivity contribution in [2.24, 2.45) is 0 Å². The number of phosphoric acid groups is 2. The third-order valence-corrected chi connectivity index (χ3v) is 1.50. The van der Waals surface area contributed by atoms with Gasteiger partial charge in [0.1, 0.15) is 24.4 Å². The maximum absolute atomic E-state index is 9.98. The molecule has 0 bridgehead atoms. The molecule has 4 atom stereocenters. The van der Waals surface area contributed by atoms with Gasteiger partial charge in [-0.25, -0.2) is 4.57 Å². The maximum atomic E-state index is 9.98. The maximum Gasteiger partial charge on any atom is 2.00 e. The van der Waals surface area contributed by atoms with Crippen molar-refractivity contribution in [2.45, 2.75) is 31.3 Å². The Labute approximate surface area is 420 Å². The van der Waals surface area contributed by atoms with Gasteiger partial charge in [0, 0.05) is 5.97 Å². The van der Waals surface area contributed by atoms with Crippen molar-refractivity contribution in [1.82, 2.24) is 0 Å². The normalized spacial score (nSPS) is 11.0. The first kappa shape index (κ1) is 90.6. The Balaban J connectivity index is -0.0000000161. The van der Waals surface area contributed by atoms with Crippen molar-refractivity contribution in [1.29, 1.82) is 0 Å². The van der Waals surface area contributed by atoms with E-state index in [1.807, 2.05) is 0 Å². The van der Waals surface area contributed by atoms with Crippen molar-refractivity contribution in [3.05, 3.63) is 0 Å². The second kappa shape index (κ2) is 53.4. The second-order valence-electron chi connectivity index (χ2n) is 3.95. The van der Waals surface area contributed by atoms with Gasteiger partial charge in [0.25, 0.3) is 0 Å². The number of hydrogen-bond acceptors (Lipinski definition) is 14. The summed E-state index contributed by atoms with van der Waals surface area (Å²) in [6.07, 6.45) is -8.08. The van der Waals surface area contributed by atoms with Crippen LogP contribution in [-0.2, 0) is 18.7 Å². The van der Waals surface area contributed by atoms with Gasteiger partial charge in [-0.1, -0.05) is 0 Å². The topological polar surface area (TPSA) is 345 Å². The van der Waals surface area contributed by atoms with Crippen LogP contribution in [0.1, 0.15) is 6.92 Å². The first-order valence-electron chi connectivity index (χ1n) is 5.88. The minimum atomic E-state index is -5.39. The monoisotopic (exact) mass is 746 g/mol. The summed E-state index contributed by atoms with van der Waals surface area (Å²) < 4.78 is 17.4. The number of hydrogen-bond donors (Lipinski definition) is 8. The molecular weight excluding hydrogens is 731 g/mol. The van der Waals surface area contributed by atoms with E-state index in [9.17, 15) is 9.90 Å². The average Bonchev–Trinajstić information content (AvgIpc) is 2.39. The predicted octanol–water partition coefficient (Wildman–Crippen LogP) is -37.2. The first-order valence-corrected chi connectivity index (χ1v) is 8.90. The number of carbonyl (C=O) groups is 2. The number of aliphatic carboxylic acids is 2. The molecule has 0 saturated heterocycles. The molecule has 0 aromatic heterocycles. The summed E-state index contributed by atoms with van der Waals surface area (Å²) in [4.78, 5) is 66.1. The van der Waals surface area contributed by atoms with Gasteiger partial charge >= 0.3 is 252 Å². The minimum absolute atomic E-state index is 0. The van der Waals surface area contributed by atoms with Gasteiger partial charge in [-0.3, -0.25) is 0 Å². The summed E-state index contributed by atoms with van der Waals surface area (Å²) in [5.74, 6) is -3.06. The number of aliphatic hydroxyl groups excluding tert-OH is 5. The van der Waals surface area contributed by atoms with Crippen LogP contribution in [0.15, 0.2) is 0 Å². The number of rotatable bonds is 5. The van der Waals surface area contributed by atoms with Crippen LogP contribution in [0.5, 0.6) is 0 Å². The molecule has 0 radical (unpaired) electrons. The average molecular weight is 748 g/mol. The fourth-order valence-electron chi connectivity index (χ4n) is 0.662. The molecule has 0 aliphatic rings. The molecule has 8 N–H and O–H groups in total. The van der Waals surface area contributed by atoms with Gasteiger partial charge in [0.2, 0.25) is 0 Å². The van der Waals surface area contributed by atoms with Gasteiger partial charge in [-0.2, -0.15) is 7.82 Å². The Morgan fingerprint density at radius 2 is 0.919 bits per heavy atom. The zero-order chi connectivity index (χ0) is 23.2. The molecule has 0 fully saturated rings. The standard InChI is InChI=1S/C6H12O7.C2H4O2.3ClH.2K.Mg.4Na.2H3O4P/c7-1-2(8)3(9)4(10)5(11)6(12)13;1-2(3)4;;;;;;;;;;;2*1-5(2,3)4/h2-5,7-11H,1H2,(H,12,13);1H3,(H,3,4);3*1H;;;;;;;;2*(H3,1,2,3,4)/q;;;;;2*+1;+2;4*+1;;/p-8. The molecular formula is C8H17Cl3K2MgNa4O17P2. The summed E-state index contributed by atoms with van der Waals surface area (Å²) in [5, 5.41) is 62.3. The Morgan fingerprint density at radius 3 is 1.03 bits per heavy atom. The van der Waals surface area contributed by atoms with Crippen LogP contribution >= 0.6 is 15.6 Å². The molecule has 0 aliphatic carbocycles. The van der Waals surface area contributed by atoms with E-state index in [-0.39, 0.29) is 281 Å². The van der Waals surface area contributed by atoms with Crippen LogP contribution in [0.2, 0.25) is 0 Å². The van der Waals surface area contributed by atoms with Gasteiger partial charge in [-0.05, 0) is 6.92 Å². The fourth-order valence-corrected chi connectivity index (χ4v) is 0.662. The Bertz CT molecular complexity index is 504. The number of carboxylic acids is 2. The Kier molecular flexibility index (Phi) is 131. The van der Waals surface area contributed by atoms with Crippen molar-refractivity contribution < 1.29 is 342 Å². The third-order valence-electron chi connectivity index (χ3n) is 1.50. The summed E-state index contributed by atoms with van der Waals surface area (Å²) in [6, 6.07) is 0. The molecule has 0 rings (SSSR count). The third kappa shape index (κ3) is 115. The second-order valence-corrected chi connectivity index (χ2v) is 5.87. The molecule has 0 heterocycles. The van der Waals surface area contributed by atoms with Crippen molar-refractivity contribution in [3.8, 4) is 0 Å². The van der Waals surface area contributed by atoms with E-state index < -0.39 is 58.6 Å². The van der Waals surface area contributed by atoms with E-state index in [0.29, 0.717) is 0 Å². The summed E-state index contributed by atoms with van der Waals surface area (Å²) in [6.45, 7) is 0.109. The predicted molar refractivity (Wildman–Crippen MR) is 74.4 cm³/mol. The van der Waals surface area contributed by atoms with E-state index in [1.54, 1.807) is 0 Å². The van der Waals surface area contributed by atoms with Crippen molar-refractivity contribution >= 4 is 50.6 Å². The van der Waals surface area contributed by atoms with Crippen LogP contribution in [-0.4, -0.2) is 106 Å². The largest absolute Gasteiger partial charge is 2.00 e. The van der Waals surface area contributed by atoms with Crippen molar-refractivity contribution in [2.75, 3.05) is 6.61 Å². The fraction of sp³-hybridized carbons (Fsp3) is 0.750. The SMILES string of the molecule is CC(=O)[O-].O=C([O-])C(O)C(O)C(O)C(O)CO.O=P(O)(O)O.O=P([O-])([O-])[O-].[Cl-].[Cl-].[Cl-].[K+].[K+].[Mg+2].[Na+].[Na+].[Na+].[Na+]. The summed E-state index contributed by atoms with van der Waals surface area (Å²) >= 11 is 0. The number of halogens is 3. The summed E-state index contributed by atoms with van der Waals surface area (Å²) in [5.41, 5.74) is 0. The zero-order valence-electron chi connectivity index (χ0n) is 21.0.